The van der Waals surface area contributed by atoms with Crippen molar-refractivity contribution in [2.24, 2.45) is 0 Å². The molecule has 1 aromatic carbocycles. The first kappa shape index (κ1) is 14.7. The van der Waals surface area contributed by atoms with Crippen LogP contribution in [0.5, 0.6) is 0 Å². The lowest BCUT2D eigenvalue weighted by Gasteiger charge is -2.04. The van der Waals surface area contributed by atoms with Crippen molar-refractivity contribution in [2.45, 2.75) is 27.6 Å². The maximum Gasteiger partial charge on any atom is 0.341 e. The van der Waals surface area contributed by atoms with Crippen molar-refractivity contribution in [3.63, 3.8) is 0 Å². The third kappa shape index (κ3) is 2.75. The van der Waals surface area contributed by atoms with Crippen LogP contribution in [0.15, 0.2) is 39.2 Å². The van der Waals surface area contributed by atoms with E-state index in [0.29, 0.717) is 15.9 Å². The molecule has 2 aromatic rings. The molecule has 0 fully saturated rings. The number of hydrogen-bond donors (Lipinski definition) is 1. The summed E-state index contributed by atoms with van der Waals surface area (Å²) in [5.41, 5.74) is 0. The lowest BCUT2D eigenvalue weighted by Crippen LogP contribution is -2.11. The molecule has 6 nitrogen and oxygen atoms in total. The highest BCUT2D eigenvalue weighted by molar-refractivity contribution is 7.99. The molecule has 0 atom stereocenters. The van der Waals surface area contributed by atoms with Gasteiger partial charge in [0.25, 0.3) is 0 Å². The van der Waals surface area contributed by atoms with Crippen molar-refractivity contribution >= 4 is 21.6 Å². The molecule has 2 rings (SSSR count). The number of hydrogen-bond acceptors (Lipinski definition) is 6. The number of rotatable bonds is 4. The number of halogens is 2. The summed E-state index contributed by atoms with van der Waals surface area (Å²) in [4.78, 5) is 0.180. The van der Waals surface area contributed by atoms with Gasteiger partial charge in [-0.25, -0.2) is 13.1 Å². The number of nitrogens with zero attached hydrogens (tertiary/aromatic N) is 3. The molecule has 2 N–H and O–H groups in total. The molecular formula is C10H10F2N4O2S2. The SMILES string of the molecule is Cc1nnc(Sc2ccc(S(=O)(=O)C(F)F)cc2)n1N. The molecule has 20 heavy (non-hydrogen) atoms. The van der Waals surface area contributed by atoms with Crippen molar-refractivity contribution < 1.29 is 17.2 Å². The first-order valence-corrected chi connectivity index (χ1v) is 7.65. The Morgan fingerprint density at radius 1 is 1.25 bits per heavy atom. The monoisotopic (exact) mass is 320 g/mol. The molecule has 0 unspecified atom stereocenters. The Morgan fingerprint density at radius 3 is 2.30 bits per heavy atom. The van der Waals surface area contributed by atoms with Gasteiger partial charge in [0.2, 0.25) is 15.0 Å². The maximum absolute atomic E-state index is 12.4. The number of aromatic nitrogens is 3. The molecular weight excluding hydrogens is 310 g/mol. The summed E-state index contributed by atoms with van der Waals surface area (Å²) in [5.74, 6) is 2.75. The van der Waals surface area contributed by atoms with E-state index in [4.69, 9.17) is 5.84 Å². The second kappa shape index (κ2) is 5.37. The summed E-state index contributed by atoms with van der Waals surface area (Å²) in [7, 11) is -4.57. The quantitative estimate of drug-likeness (QED) is 0.857. The molecule has 0 saturated carbocycles. The van der Waals surface area contributed by atoms with Gasteiger partial charge in [-0.3, -0.25) is 0 Å². The summed E-state index contributed by atoms with van der Waals surface area (Å²) < 4.78 is 48.5. The Labute approximate surface area is 117 Å². The van der Waals surface area contributed by atoms with Crippen molar-refractivity contribution in [3.8, 4) is 0 Å². The highest BCUT2D eigenvalue weighted by atomic mass is 32.2. The lowest BCUT2D eigenvalue weighted by molar-refractivity contribution is 0.234. The maximum atomic E-state index is 12.4. The minimum atomic E-state index is -4.57. The van der Waals surface area contributed by atoms with Gasteiger partial charge in [0, 0.05) is 4.90 Å². The molecule has 0 aliphatic heterocycles. The standard InChI is InChI=1S/C10H10F2N4O2S2/c1-6-14-15-10(16(6)13)19-7-2-4-8(5-3-7)20(17,18)9(11)12/h2-5,9H,13H2,1H3. The average molecular weight is 320 g/mol. The zero-order valence-electron chi connectivity index (χ0n) is 10.2. The summed E-state index contributed by atoms with van der Waals surface area (Å²) in [6.07, 6.45) is 0. The van der Waals surface area contributed by atoms with Crippen LogP contribution in [-0.2, 0) is 9.84 Å². The number of benzene rings is 1. The van der Waals surface area contributed by atoms with Crippen LogP contribution >= 0.6 is 11.8 Å². The molecule has 0 radical (unpaired) electrons. The van der Waals surface area contributed by atoms with Gasteiger partial charge >= 0.3 is 5.76 Å². The molecule has 10 heteroatoms. The fourth-order valence-electron chi connectivity index (χ4n) is 1.33. The van der Waals surface area contributed by atoms with E-state index in [0.717, 1.165) is 23.9 Å². The number of aryl methyl sites for hydroxylation is 1. The largest absolute Gasteiger partial charge is 0.341 e. The average Bonchev–Trinajstić information content (AvgIpc) is 2.71. The Kier molecular flexibility index (Phi) is 3.95. The first-order chi connectivity index (χ1) is 9.32. The molecule has 0 bridgehead atoms. The predicted molar refractivity (Wildman–Crippen MR) is 68.7 cm³/mol. The number of nitrogens with two attached hydrogens (primary N) is 1. The molecule has 108 valence electrons. The second-order valence-electron chi connectivity index (χ2n) is 3.78. The predicted octanol–water partition coefficient (Wildman–Crippen LogP) is 1.45. The number of alkyl halides is 2. The zero-order valence-corrected chi connectivity index (χ0v) is 11.8. The van der Waals surface area contributed by atoms with Crippen LogP contribution in [0.1, 0.15) is 5.82 Å². The van der Waals surface area contributed by atoms with Gasteiger partial charge in [-0.2, -0.15) is 8.78 Å². The Bertz CT molecular complexity index is 713. The van der Waals surface area contributed by atoms with Crippen LogP contribution in [-0.4, -0.2) is 29.0 Å². The summed E-state index contributed by atoms with van der Waals surface area (Å²) in [6.45, 7) is 1.68. The third-order valence-electron chi connectivity index (χ3n) is 2.43. The normalized spacial score (nSPS) is 12.0. The number of nitrogen functional groups attached to an aromatic ring is 1. The van der Waals surface area contributed by atoms with Crippen LogP contribution in [0.2, 0.25) is 0 Å². The van der Waals surface area contributed by atoms with Gasteiger partial charge in [-0.15, -0.1) is 10.2 Å². The van der Waals surface area contributed by atoms with Gasteiger partial charge in [-0.05, 0) is 43.0 Å². The molecule has 0 spiro atoms. The second-order valence-corrected chi connectivity index (χ2v) is 6.74. The van der Waals surface area contributed by atoms with Gasteiger partial charge in [0.15, 0.2) is 0 Å². The fourth-order valence-corrected chi connectivity index (χ4v) is 2.84. The van der Waals surface area contributed by atoms with Crippen molar-refractivity contribution in [1.82, 2.24) is 14.9 Å². The van der Waals surface area contributed by atoms with Gasteiger partial charge < -0.3 is 5.84 Å². The van der Waals surface area contributed by atoms with Gasteiger partial charge in [-0.1, -0.05) is 0 Å². The van der Waals surface area contributed by atoms with Gasteiger partial charge in [0.1, 0.15) is 5.82 Å². The van der Waals surface area contributed by atoms with E-state index >= 15 is 0 Å². The van der Waals surface area contributed by atoms with E-state index in [1.165, 1.54) is 16.8 Å². The Hall–Kier alpha value is -1.68. The minimum absolute atomic E-state index is 0.409. The third-order valence-corrected chi connectivity index (χ3v) is 4.80. The topological polar surface area (TPSA) is 90.9 Å². The van der Waals surface area contributed by atoms with E-state index < -0.39 is 20.5 Å². The van der Waals surface area contributed by atoms with Crippen molar-refractivity contribution in [3.05, 3.63) is 30.1 Å². The molecule has 0 saturated heterocycles. The fraction of sp³-hybridized carbons (Fsp3) is 0.200. The smallest absolute Gasteiger partial charge is 0.336 e. The van der Waals surface area contributed by atoms with E-state index in [-0.39, 0.29) is 0 Å². The Balaban J connectivity index is 2.23. The van der Waals surface area contributed by atoms with Crippen LogP contribution in [0.25, 0.3) is 0 Å². The minimum Gasteiger partial charge on any atom is -0.336 e. The highest BCUT2D eigenvalue weighted by Gasteiger charge is 2.26. The highest BCUT2D eigenvalue weighted by Crippen LogP contribution is 2.27. The number of sulfone groups is 1. The zero-order chi connectivity index (χ0) is 14.9. The van der Waals surface area contributed by atoms with Crippen molar-refractivity contribution in [2.75, 3.05) is 5.84 Å². The van der Waals surface area contributed by atoms with E-state index in [1.54, 1.807) is 6.92 Å². The summed E-state index contributed by atoms with van der Waals surface area (Å²) >= 11 is 1.14. The Morgan fingerprint density at radius 2 is 1.85 bits per heavy atom. The lowest BCUT2D eigenvalue weighted by atomic mass is 10.4. The van der Waals surface area contributed by atoms with Gasteiger partial charge in [0.05, 0.1) is 4.90 Å². The van der Waals surface area contributed by atoms with Crippen LogP contribution in [0.4, 0.5) is 8.78 Å². The molecule has 0 aliphatic carbocycles. The molecule has 1 heterocycles. The van der Waals surface area contributed by atoms with Crippen LogP contribution < -0.4 is 5.84 Å². The van der Waals surface area contributed by atoms with Crippen LogP contribution in [0.3, 0.4) is 0 Å². The van der Waals surface area contributed by atoms with Crippen LogP contribution in [0, 0.1) is 6.92 Å². The van der Waals surface area contributed by atoms with E-state index in [9.17, 15) is 17.2 Å². The molecule has 1 aromatic heterocycles. The first-order valence-electron chi connectivity index (χ1n) is 5.29. The molecule has 0 aliphatic rings. The van der Waals surface area contributed by atoms with E-state index in [1.807, 2.05) is 0 Å². The summed E-state index contributed by atoms with van der Waals surface area (Å²) in [5, 5.41) is 8.00. The van der Waals surface area contributed by atoms with E-state index in [2.05, 4.69) is 10.2 Å². The van der Waals surface area contributed by atoms with Crippen molar-refractivity contribution in [1.29, 1.82) is 0 Å². The summed E-state index contributed by atoms with van der Waals surface area (Å²) in [6, 6.07) is 5.05. The molecule has 0 amide bonds.